The summed E-state index contributed by atoms with van der Waals surface area (Å²) in [4.78, 5) is 11.1. The highest BCUT2D eigenvalue weighted by molar-refractivity contribution is 7.92. The maximum Gasteiger partial charge on any atom is 0.304 e. The fraction of sp³-hybridized carbons (Fsp3) is 0.176. The number of anilines is 1. The number of nitrogens with zero attached hydrogens (tertiary/aromatic N) is 2. The summed E-state index contributed by atoms with van der Waals surface area (Å²) >= 11 is 0. The van der Waals surface area contributed by atoms with Crippen LogP contribution in [0.1, 0.15) is 23.5 Å². The topological polar surface area (TPSA) is 98.5 Å². The molecular formula is C17H14N2O4S. The smallest absolute Gasteiger partial charge is 0.304 e. The van der Waals surface area contributed by atoms with E-state index in [4.69, 9.17) is 10.4 Å². The van der Waals surface area contributed by atoms with Gasteiger partial charge in [-0.25, -0.2) is 8.42 Å². The van der Waals surface area contributed by atoms with Gasteiger partial charge in [0.05, 0.1) is 28.6 Å². The molecule has 0 saturated carbocycles. The molecule has 1 aliphatic rings. The molecule has 0 spiro atoms. The molecule has 0 amide bonds. The molecular weight excluding hydrogens is 328 g/mol. The van der Waals surface area contributed by atoms with Crippen LogP contribution in [-0.4, -0.2) is 26.0 Å². The summed E-state index contributed by atoms with van der Waals surface area (Å²) in [5, 5.41) is 17.9. The highest BCUT2D eigenvalue weighted by Gasteiger charge is 2.37. The Hall–Kier alpha value is -2.85. The third-order valence-corrected chi connectivity index (χ3v) is 5.82. The van der Waals surface area contributed by atoms with E-state index in [-0.39, 0.29) is 23.8 Å². The third-order valence-electron chi connectivity index (χ3n) is 4.02. The summed E-state index contributed by atoms with van der Waals surface area (Å²) in [6, 6.07) is 14.6. The molecule has 0 radical (unpaired) electrons. The molecule has 0 bridgehead atoms. The lowest BCUT2D eigenvalue weighted by atomic mass is 9.98. The fourth-order valence-electron chi connectivity index (χ4n) is 2.90. The summed E-state index contributed by atoms with van der Waals surface area (Å²) in [5.74, 6) is -1.35. The van der Waals surface area contributed by atoms with Crippen LogP contribution >= 0.6 is 0 Å². The summed E-state index contributed by atoms with van der Waals surface area (Å²) < 4.78 is 27.1. The van der Waals surface area contributed by atoms with Crippen LogP contribution in [0.15, 0.2) is 53.4 Å². The predicted molar refractivity (Wildman–Crippen MR) is 87.1 cm³/mol. The van der Waals surface area contributed by atoms with Crippen LogP contribution in [0.4, 0.5) is 5.69 Å². The molecule has 1 aliphatic heterocycles. The second-order valence-corrected chi connectivity index (χ2v) is 7.39. The van der Waals surface area contributed by atoms with Gasteiger partial charge in [-0.15, -0.1) is 0 Å². The van der Waals surface area contributed by atoms with E-state index >= 15 is 0 Å². The number of carboxylic acid groups (broad SMARTS) is 1. The molecule has 7 heteroatoms. The number of rotatable bonds is 4. The lowest BCUT2D eigenvalue weighted by Crippen LogP contribution is -2.30. The van der Waals surface area contributed by atoms with Gasteiger partial charge in [-0.2, -0.15) is 5.26 Å². The summed E-state index contributed by atoms with van der Waals surface area (Å²) in [5.41, 5.74) is 1.60. The van der Waals surface area contributed by atoms with Gasteiger partial charge in [0.15, 0.2) is 0 Å². The molecule has 122 valence electrons. The minimum atomic E-state index is -3.81. The minimum Gasteiger partial charge on any atom is -0.481 e. The normalized spacial score (nSPS) is 16.5. The Labute approximate surface area is 139 Å². The molecule has 3 rings (SSSR count). The maximum absolute atomic E-state index is 12.9. The zero-order valence-corrected chi connectivity index (χ0v) is 13.4. The van der Waals surface area contributed by atoms with Gasteiger partial charge in [0.25, 0.3) is 10.0 Å². The number of aliphatic carboxylic acids is 1. The molecule has 6 nitrogen and oxygen atoms in total. The van der Waals surface area contributed by atoms with E-state index in [9.17, 15) is 13.2 Å². The van der Waals surface area contributed by atoms with Gasteiger partial charge in [0.2, 0.25) is 0 Å². The van der Waals surface area contributed by atoms with E-state index in [0.717, 1.165) is 5.56 Å². The van der Waals surface area contributed by atoms with Crippen molar-refractivity contribution in [1.82, 2.24) is 0 Å². The van der Waals surface area contributed by atoms with E-state index in [1.54, 1.807) is 24.3 Å². The van der Waals surface area contributed by atoms with Crippen LogP contribution in [0.2, 0.25) is 0 Å². The molecule has 0 saturated heterocycles. The number of para-hydroxylation sites is 1. The molecule has 2 aromatic rings. The predicted octanol–water partition coefficient (Wildman–Crippen LogP) is 2.33. The Morgan fingerprint density at radius 3 is 2.50 bits per heavy atom. The van der Waals surface area contributed by atoms with Crippen molar-refractivity contribution in [2.24, 2.45) is 0 Å². The zero-order chi connectivity index (χ0) is 17.3. The molecule has 0 unspecified atom stereocenters. The lowest BCUT2D eigenvalue weighted by molar-refractivity contribution is -0.137. The number of nitriles is 1. The van der Waals surface area contributed by atoms with Gasteiger partial charge >= 0.3 is 5.97 Å². The fourth-order valence-corrected chi connectivity index (χ4v) is 4.43. The van der Waals surface area contributed by atoms with Gasteiger partial charge in [0, 0.05) is 12.5 Å². The SMILES string of the molecule is N#Cc1ccc(S(=O)(=O)N2C[C@@H](CC(=O)O)c3ccccc32)cc1. The Kier molecular flexibility index (Phi) is 3.99. The van der Waals surface area contributed by atoms with Crippen LogP contribution in [0.5, 0.6) is 0 Å². The van der Waals surface area contributed by atoms with Crippen molar-refractivity contribution in [2.45, 2.75) is 17.2 Å². The van der Waals surface area contributed by atoms with Crippen LogP contribution in [-0.2, 0) is 14.8 Å². The van der Waals surface area contributed by atoms with Crippen molar-refractivity contribution >= 4 is 21.7 Å². The first-order valence-electron chi connectivity index (χ1n) is 7.27. The molecule has 1 atom stereocenters. The van der Waals surface area contributed by atoms with Crippen LogP contribution in [0, 0.1) is 11.3 Å². The molecule has 1 heterocycles. The summed E-state index contributed by atoms with van der Waals surface area (Å²) in [7, 11) is -3.81. The Morgan fingerprint density at radius 2 is 1.88 bits per heavy atom. The number of hydrogen-bond donors (Lipinski definition) is 1. The number of carboxylic acids is 1. The van der Waals surface area contributed by atoms with Gasteiger partial charge in [-0.1, -0.05) is 18.2 Å². The number of hydrogen-bond acceptors (Lipinski definition) is 4. The molecule has 0 fully saturated rings. The van der Waals surface area contributed by atoms with Crippen LogP contribution in [0.25, 0.3) is 0 Å². The molecule has 0 aromatic heterocycles. The Morgan fingerprint density at radius 1 is 1.21 bits per heavy atom. The minimum absolute atomic E-state index is 0.0762. The van der Waals surface area contributed by atoms with Gasteiger partial charge in [-0.05, 0) is 35.9 Å². The van der Waals surface area contributed by atoms with E-state index in [1.807, 2.05) is 6.07 Å². The van der Waals surface area contributed by atoms with Crippen LogP contribution < -0.4 is 4.31 Å². The van der Waals surface area contributed by atoms with E-state index < -0.39 is 16.0 Å². The second-order valence-electron chi connectivity index (χ2n) is 5.53. The van der Waals surface area contributed by atoms with Crippen molar-refractivity contribution in [3.05, 3.63) is 59.7 Å². The van der Waals surface area contributed by atoms with E-state index in [1.165, 1.54) is 28.6 Å². The summed E-state index contributed by atoms with van der Waals surface area (Å²) in [6.07, 6.45) is -0.129. The van der Waals surface area contributed by atoms with E-state index in [0.29, 0.717) is 11.3 Å². The van der Waals surface area contributed by atoms with Crippen molar-refractivity contribution in [3.63, 3.8) is 0 Å². The average Bonchev–Trinajstić information content (AvgIpc) is 2.94. The summed E-state index contributed by atoms with van der Waals surface area (Å²) in [6.45, 7) is 0.0913. The lowest BCUT2D eigenvalue weighted by Gasteiger charge is -2.20. The number of carbonyl (C=O) groups is 1. The van der Waals surface area contributed by atoms with Crippen molar-refractivity contribution in [2.75, 3.05) is 10.8 Å². The molecule has 24 heavy (non-hydrogen) atoms. The van der Waals surface area contributed by atoms with Crippen LogP contribution in [0.3, 0.4) is 0 Å². The third kappa shape index (κ3) is 2.72. The second kappa shape index (κ2) is 5.98. The highest BCUT2D eigenvalue weighted by Crippen LogP contribution is 2.40. The molecule has 2 aromatic carbocycles. The number of fused-ring (bicyclic) bond motifs is 1. The standard InChI is InChI=1S/C17H14N2O4S/c18-10-12-5-7-14(8-6-12)24(22,23)19-11-13(9-17(20)21)15-3-1-2-4-16(15)19/h1-8,13H,9,11H2,(H,20,21)/t13-/m1/s1. The number of sulfonamides is 1. The Balaban J connectivity index is 2.02. The first kappa shape index (κ1) is 16.0. The van der Waals surface area contributed by atoms with Crippen molar-refractivity contribution in [3.8, 4) is 6.07 Å². The quantitative estimate of drug-likeness (QED) is 0.919. The molecule has 1 N–H and O–H groups in total. The van der Waals surface area contributed by atoms with E-state index in [2.05, 4.69) is 0 Å². The monoisotopic (exact) mass is 342 g/mol. The van der Waals surface area contributed by atoms with Gasteiger partial charge in [-0.3, -0.25) is 9.10 Å². The van der Waals surface area contributed by atoms with Crippen molar-refractivity contribution in [1.29, 1.82) is 5.26 Å². The first-order valence-corrected chi connectivity index (χ1v) is 8.71. The molecule has 0 aliphatic carbocycles. The maximum atomic E-state index is 12.9. The zero-order valence-electron chi connectivity index (χ0n) is 12.6. The van der Waals surface area contributed by atoms with Crippen molar-refractivity contribution < 1.29 is 18.3 Å². The highest BCUT2D eigenvalue weighted by atomic mass is 32.2. The largest absolute Gasteiger partial charge is 0.481 e. The number of benzene rings is 2. The van der Waals surface area contributed by atoms with Gasteiger partial charge < -0.3 is 5.11 Å². The Bertz CT molecular complexity index is 930. The van der Waals surface area contributed by atoms with Gasteiger partial charge in [0.1, 0.15) is 0 Å². The first-order chi connectivity index (χ1) is 11.4. The average molecular weight is 342 g/mol.